The smallest absolute Gasteiger partial charge is 0.279 e. The second-order valence-corrected chi connectivity index (χ2v) is 5.74. The van der Waals surface area contributed by atoms with Gasteiger partial charge in [-0.1, -0.05) is 0 Å². The number of H-pyrrole nitrogens is 1. The lowest BCUT2D eigenvalue weighted by Crippen LogP contribution is -2.14. The van der Waals surface area contributed by atoms with Gasteiger partial charge in [0.25, 0.3) is 5.91 Å². The molecule has 4 rings (SSSR count). The fourth-order valence-electron chi connectivity index (χ4n) is 2.66. The summed E-state index contributed by atoms with van der Waals surface area (Å²) in [5.74, 6) is 0.558. The molecule has 4 aromatic heterocycles. The average Bonchev–Trinajstić information content (AvgIpc) is 3.20. The molecule has 0 aliphatic rings. The lowest BCUT2D eigenvalue weighted by molar-refractivity contribution is 0.102. The van der Waals surface area contributed by atoms with Gasteiger partial charge in [-0.05, 0) is 32.0 Å². The van der Waals surface area contributed by atoms with Gasteiger partial charge in [0.2, 0.25) is 0 Å². The van der Waals surface area contributed by atoms with Crippen LogP contribution < -0.4 is 5.32 Å². The summed E-state index contributed by atoms with van der Waals surface area (Å²) in [6, 6.07) is 7.76. The van der Waals surface area contributed by atoms with Crippen molar-refractivity contribution in [3.05, 3.63) is 60.2 Å². The number of nitrogens with zero attached hydrogens (tertiary/aromatic N) is 3. The summed E-state index contributed by atoms with van der Waals surface area (Å²) < 4.78 is 5.05. The number of hydrogen-bond donors (Lipinski definition) is 2. The molecule has 0 spiro atoms. The monoisotopic (exact) mass is 333 g/mol. The SMILES string of the molecule is Cc1cc(-c2cc3cnc(NC(=O)c4ncoc4C)cc3[nH]2)ccn1. The lowest BCUT2D eigenvalue weighted by atomic mass is 10.2. The highest BCUT2D eigenvalue weighted by atomic mass is 16.3. The number of oxazole rings is 1. The van der Waals surface area contributed by atoms with Gasteiger partial charge < -0.3 is 14.7 Å². The Balaban J connectivity index is 1.64. The summed E-state index contributed by atoms with van der Waals surface area (Å²) >= 11 is 0. The highest BCUT2D eigenvalue weighted by Gasteiger charge is 2.14. The van der Waals surface area contributed by atoms with Crippen LogP contribution in [0.25, 0.3) is 22.2 Å². The van der Waals surface area contributed by atoms with Crippen molar-refractivity contribution in [2.75, 3.05) is 5.32 Å². The van der Waals surface area contributed by atoms with Gasteiger partial charge in [-0.3, -0.25) is 9.78 Å². The van der Waals surface area contributed by atoms with Gasteiger partial charge in [-0.15, -0.1) is 0 Å². The number of aromatic amines is 1. The third kappa shape index (κ3) is 2.87. The zero-order valence-corrected chi connectivity index (χ0v) is 13.7. The molecular formula is C18H15N5O2. The molecule has 0 saturated carbocycles. The molecule has 0 aliphatic carbocycles. The molecule has 1 amide bonds. The van der Waals surface area contributed by atoms with Crippen LogP contribution in [0.2, 0.25) is 0 Å². The van der Waals surface area contributed by atoms with Crippen molar-refractivity contribution in [3.8, 4) is 11.3 Å². The van der Waals surface area contributed by atoms with Crippen LogP contribution in [0.5, 0.6) is 0 Å². The minimum absolute atomic E-state index is 0.251. The van der Waals surface area contributed by atoms with Crippen molar-refractivity contribution < 1.29 is 9.21 Å². The van der Waals surface area contributed by atoms with E-state index in [1.807, 2.05) is 25.1 Å². The molecule has 7 nitrogen and oxygen atoms in total. The number of amides is 1. The van der Waals surface area contributed by atoms with Crippen LogP contribution >= 0.6 is 0 Å². The second kappa shape index (κ2) is 5.86. The molecule has 0 fully saturated rings. The first-order valence-electron chi connectivity index (χ1n) is 7.73. The average molecular weight is 333 g/mol. The zero-order valence-electron chi connectivity index (χ0n) is 13.7. The molecule has 0 aliphatic heterocycles. The number of aromatic nitrogens is 4. The van der Waals surface area contributed by atoms with Gasteiger partial charge in [-0.2, -0.15) is 0 Å². The topological polar surface area (TPSA) is 96.7 Å². The van der Waals surface area contributed by atoms with E-state index in [1.165, 1.54) is 6.39 Å². The fraction of sp³-hybridized carbons (Fsp3) is 0.111. The van der Waals surface area contributed by atoms with Crippen molar-refractivity contribution >= 4 is 22.6 Å². The maximum atomic E-state index is 12.2. The van der Waals surface area contributed by atoms with Crippen molar-refractivity contribution in [3.63, 3.8) is 0 Å². The van der Waals surface area contributed by atoms with E-state index >= 15 is 0 Å². The molecule has 0 saturated heterocycles. The minimum Gasteiger partial charge on any atom is -0.448 e. The Kier molecular flexibility index (Phi) is 3.53. The van der Waals surface area contributed by atoms with E-state index in [-0.39, 0.29) is 11.6 Å². The number of aryl methyl sites for hydroxylation is 2. The molecule has 0 unspecified atom stereocenters. The number of hydrogen-bond acceptors (Lipinski definition) is 5. The third-order valence-electron chi connectivity index (χ3n) is 3.91. The van der Waals surface area contributed by atoms with Crippen molar-refractivity contribution in [1.82, 2.24) is 19.9 Å². The quantitative estimate of drug-likeness (QED) is 0.598. The molecule has 25 heavy (non-hydrogen) atoms. The predicted molar refractivity (Wildman–Crippen MR) is 93.3 cm³/mol. The molecule has 0 bridgehead atoms. The van der Waals surface area contributed by atoms with Crippen LogP contribution in [0.3, 0.4) is 0 Å². The normalized spacial score (nSPS) is 11.0. The summed E-state index contributed by atoms with van der Waals surface area (Å²) in [4.78, 5) is 28.0. The molecule has 124 valence electrons. The van der Waals surface area contributed by atoms with Crippen LogP contribution in [0.1, 0.15) is 21.9 Å². The predicted octanol–water partition coefficient (Wildman–Crippen LogP) is 3.48. The van der Waals surface area contributed by atoms with Crippen molar-refractivity contribution in [2.45, 2.75) is 13.8 Å². The molecule has 0 atom stereocenters. The Labute approximate surface area is 143 Å². The van der Waals surface area contributed by atoms with Gasteiger partial charge in [0, 0.05) is 40.8 Å². The molecule has 0 radical (unpaired) electrons. The summed E-state index contributed by atoms with van der Waals surface area (Å²) in [6.45, 7) is 3.64. The first kappa shape index (κ1) is 15.1. The molecule has 2 N–H and O–H groups in total. The Morgan fingerprint density at radius 2 is 2.04 bits per heavy atom. The minimum atomic E-state index is -0.352. The van der Waals surface area contributed by atoms with E-state index < -0.39 is 0 Å². The Morgan fingerprint density at radius 1 is 1.16 bits per heavy atom. The second-order valence-electron chi connectivity index (χ2n) is 5.74. The van der Waals surface area contributed by atoms with Crippen LogP contribution in [-0.4, -0.2) is 25.8 Å². The molecule has 4 heterocycles. The van der Waals surface area contributed by atoms with Crippen molar-refractivity contribution in [1.29, 1.82) is 0 Å². The summed E-state index contributed by atoms with van der Waals surface area (Å²) in [7, 11) is 0. The number of rotatable bonds is 3. The van der Waals surface area contributed by atoms with E-state index in [4.69, 9.17) is 4.42 Å². The van der Waals surface area contributed by atoms with Gasteiger partial charge in [0.05, 0.1) is 5.52 Å². The number of nitrogens with one attached hydrogen (secondary N) is 2. The Bertz CT molecular complexity index is 1080. The Hall–Kier alpha value is -3.48. The first-order valence-corrected chi connectivity index (χ1v) is 7.73. The molecule has 0 aromatic carbocycles. The van der Waals surface area contributed by atoms with Gasteiger partial charge in [0.15, 0.2) is 12.1 Å². The summed E-state index contributed by atoms with van der Waals surface area (Å²) in [5.41, 5.74) is 4.10. The zero-order chi connectivity index (χ0) is 17.4. The van der Waals surface area contributed by atoms with Crippen LogP contribution in [0.4, 0.5) is 5.82 Å². The third-order valence-corrected chi connectivity index (χ3v) is 3.91. The highest BCUT2D eigenvalue weighted by Crippen LogP contribution is 2.25. The van der Waals surface area contributed by atoms with E-state index in [2.05, 4.69) is 25.3 Å². The Morgan fingerprint density at radius 3 is 2.80 bits per heavy atom. The maximum absolute atomic E-state index is 12.2. The number of anilines is 1. The standard InChI is InChI=1S/C18H15N5O2/c1-10-5-12(3-4-19-10)14-6-13-8-20-16(7-15(13)22-14)23-18(24)17-11(2)25-9-21-17/h3-9,22H,1-2H3,(H,20,23,24). The van der Waals surface area contributed by atoms with Gasteiger partial charge >= 0.3 is 0 Å². The van der Waals surface area contributed by atoms with Crippen LogP contribution in [0.15, 0.2) is 47.5 Å². The van der Waals surface area contributed by atoms with Crippen LogP contribution in [0, 0.1) is 13.8 Å². The van der Waals surface area contributed by atoms with Crippen LogP contribution in [-0.2, 0) is 0 Å². The van der Waals surface area contributed by atoms with Crippen molar-refractivity contribution in [2.24, 2.45) is 0 Å². The maximum Gasteiger partial charge on any atom is 0.279 e. The number of carbonyl (C=O) groups is 1. The van der Waals surface area contributed by atoms with E-state index in [9.17, 15) is 4.79 Å². The molecular weight excluding hydrogens is 318 g/mol. The van der Waals surface area contributed by atoms with Gasteiger partial charge in [-0.25, -0.2) is 9.97 Å². The van der Waals surface area contributed by atoms with E-state index in [1.54, 1.807) is 25.4 Å². The van der Waals surface area contributed by atoms with E-state index in [0.717, 1.165) is 27.9 Å². The number of pyridine rings is 2. The molecule has 7 heteroatoms. The summed E-state index contributed by atoms with van der Waals surface area (Å²) in [5, 5.41) is 3.69. The van der Waals surface area contributed by atoms with E-state index in [0.29, 0.717) is 11.6 Å². The summed E-state index contributed by atoms with van der Waals surface area (Å²) in [6.07, 6.45) is 4.74. The number of carbonyl (C=O) groups excluding carboxylic acids is 1. The largest absolute Gasteiger partial charge is 0.448 e. The first-order chi connectivity index (χ1) is 12.1. The van der Waals surface area contributed by atoms with Gasteiger partial charge in [0.1, 0.15) is 11.6 Å². The highest BCUT2D eigenvalue weighted by molar-refractivity contribution is 6.03. The molecule has 4 aromatic rings. The fourth-order valence-corrected chi connectivity index (χ4v) is 2.66. The lowest BCUT2D eigenvalue weighted by Gasteiger charge is -2.02. The number of fused-ring (bicyclic) bond motifs is 1.